The fourth-order valence-corrected chi connectivity index (χ4v) is 1.33. The first kappa shape index (κ1) is 8.84. The van der Waals surface area contributed by atoms with Crippen LogP contribution >= 0.6 is 0 Å². The van der Waals surface area contributed by atoms with Crippen LogP contribution in [0.5, 0.6) is 0 Å². The average Bonchev–Trinajstić information content (AvgIpc) is 2.95. The van der Waals surface area contributed by atoms with Crippen LogP contribution < -0.4 is 5.32 Å². The molecule has 0 amide bonds. The Balaban J connectivity index is 1.79. The largest absolute Gasteiger partial charge is 0.345 e. The monoisotopic (exact) mass is 216 g/mol. The minimum atomic E-state index is 0.438. The average molecular weight is 216 g/mol. The number of hydrogen-bond acceptors (Lipinski definition) is 6. The molecule has 16 heavy (non-hydrogen) atoms. The topological polar surface area (TPSA) is 81.1 Å². The van der Waals surface area contributed by atoms with Crippen molar-refractivity contribution in [3.05, 3.63) is 36.6 Å². The predicted molar refractivity (Wildman–Crippen MR) is 54.6 cm³/mol. The van der Waals surface area contributed by atoms with E-state index in [0.29, 0.717) is 18.3 Å². The molecule has 3 aromatic rings. The number of hydrogen-bond donors (Lipinski definition) is 1. The van der Waals surface area contributed by atoms with Crippen LogP contribution in [0.15, 0.2) is 35.3 Å². The normalized spacial score (nSPS) is 10.8. The Bertz CT molecular complexity index is 554. The maximum Gasteiger partial charge on any atom is 0.243 e. The summed E-state index contributed by atoms with van der Waals surface area (Å²) in [6, 6.07) is 5.68. The van der Waals surface area contributed by atoms with Gasteiger partial charge in [0.25, 0.3) is 0 Å². The first-order valence-electron chi connectivity index (χ1n) is 4.72. The minimum absolute atomic E-state index is 0.438. The highest BCUT2D eigenvalue weighted by Gasteiger charge is 2.03. The lowest BCUT2D eigenvalue weighted by Gasteiger charge is -1.94. The van der Waals surface area contributed by atoms with Gasteiger partial charge in [0.1, 0.15) is 0 Å². The maximum absolute atomic E-state index is 4.61. The quantitative estimate of drug-likeness (QED) is 0.694. The Hall–Kier alpha value is -2.44. The molecular weight excluding hydrogens is 208 g/mol. The highest BCUT2D eigenvalue weighted by molar-refractivity contribution is 5.42. The number of aromatic nitrogens is 5. The van der Waals surface area contributed by atoms with Crippen molar-refractivity contribution in [1.82, 2.24) is 24.7 Å². The van der Waals surface area contributed by atoms with Gasteiger partial charge in [0, 0.05) is 6.20 Å². The van der Waals surface area contributed by atoms with E-state index in [9.17, 15) is 0 Å². The van der Waals surface area contributed by atoms with Gasteiger partial charge < -0.3 is 9.84 Å². The van der Waals surface area contributed by atoms with Crippen molar-refractivity contribution < 1.29 is 4.52 Å². The van der Waals surface area contributed by atoms with E-state index >= 15 is 0 Å². The maximum atomic E-state index is 4.61. The second kappa shape index (κ2) is 3.61. The molecule has 0 fully saturated rings. The summed E-state index contributed by atoms with van der Waals surface area (Å²) in [7, 11) is 0. The number of nitrogens with zero attached hydrogens (tertiary/aromatic N) is 5. The summed E-state index contributed by atoms with van der Waals surface area (Å²) in [4.78, 5) is 8.15. The van der Waals surface area contributed by atoms with Crippen LogP contribution in [-0.4, -0.2) is 24.7 Å². The number of fused-ring (bicyclic) bond motifs is 1. The Morgan fingerprint density at radius 2 is 2.38 bits per heavy atom. The van der Waals surface area contributed by atoms with E-state index in [1.165, 1.54) is 6.39 Å². The van der Waals surface area contributed by atoms with Gasteiger partial charge in [0.15, 0.2) is 11.5 Å². The minimum Gasteiger partial charge on any atom is -0.345 e. The molecule has 0 radical (unpaired) electrons. The summed E-state index contributed by atoms with van der Waals surface area (Å²) in [5, 5.41) is 10.9. The van der Waals surface area contributed by atoms with Gasteiger partial charge in [-0.2, -0.15) is 9.97 Å². The van der Waals surface area contributed by atoms with Crippen molar-refractivity contribution in [2.24, 2.45) is 0 Å². The molecule has 0 aromatic carbocycles. The first-order valence-corrected chi connectivity index (χ1v) is 4.72. The summed E-state index contributed by atoms with van der Waals surface area (Å²) in [5.41, 5.74) is 0.790. The second-order valence-electron chi connectivity index (χ2n) is 3.14. The zero-order valence-corrected chi connectivity index (χ0v) is 8.24. The third-order valence-corrected chi connectivity index (χ3v) is 2.05. The van der Waals surface area contributed by atoms with E-state index in [1.54, 1.807) is 4.52 Å². The van der Waals surface area contributed by atoms with Crippen LogP contribution in [0.25, 0.3) is 5.65 Å². The van der Waals surface area contributed by atoms with Crippen LogP contribution in [0, 0.1) is 0 Å². The third-order valence-electron chi connectivity index (χ3n) is 2.05. The van der Waals surface area contributed by atoms with Crippen LogP contribution in [0.1, 0.15) is 5.82 Å². The standard InChI is InChI=1S/C9H8N6O/c1-2-4-15-8(3-1)12-9(13-15)10-5-7-11-6-16-14-7/h1-4,6H,5H2,(H,10,13). The molecule has 0 aliphatic heterocycles. The van der Waals surface area contributed by atoms with E-state index in [4.69, 9.17) is 0 Å². The van der Waals surface area contributed by atoms with Gasteiger partial charge in [-0.15, -0.1) is 5.10 Å². The molecule has 0 saturated carbocycles. The van der Waals surface area contributed by atoms with Crippen molar-refractivity contribution in [1.29, 1.82) is 0 Å². The van der Waals surface area contributed by atoms with Crippen LogP contribution in [-0.2, 0) is 6.54 Å². The molecule has 3 rings (SSSR count). The molecule has 7 heteroatoms. The van der Waals surface area contributed by atoms with Crippen LogP contribution in [0.3, 0.4) is 0 Å². The third kappa shape index (κ3) is 1.58. The Morgan fingerprint density at radius 3 is 3.19 bits per heavy atom. The van der Waals surface area contributed by atoms with Crippen molar-refractivity contribution in [3.63, 3.8) is 0 Å². The number of rotatable bonds is 3. The van der Waals surface area contributed by atoms with Crippen LogP contribution in [0.4, 0.5) is 5.95 Å². The molecule has 80 valence electrons. The SMILES string of the molecule is c1ccn2nc(NCc3ncon3)nc2c1. The fourth-order valence-electron chi connectivity index (χ4n) is 1.33. The highest BCUT2D eigenvalue weighted by atomic mass is 16.5. The van der Waals surface area contributed by atoms with Gasteiger partial charge in [0.05, 0.1) is 6.54 Å². The molecule has 0 atom stereocenters. The molecule has 3 heterocycles. The Labute approximate surface area is 90.1 Å². The molecule has 3 aromatic heterocycles. The van der Waals surface area contributed by atoms with E-state index < -0.39 is 0 Å². The molecule has 0 spiro atoms. The smallest absolute Gasteiger partial charge is 0.243 e. The Kier molecular flexibility index (Phi) is 1.99. The molecule has 0 aliphatic carbocycles. The molecule has 0 bridgehead atoms. The van der Waals surface area contributed by atoms with Crippen molar-refractivity contribution in [2.75, 3.05) is 5.32 Å². The second-order valence-corrected chi connectivity index (χ2v) is 3.14. The first-order chi connectivity index (χ1) is 7.92. The number of pyridine rings is 1. The van der Waals surface area contributed by atoms with Crippen molar-refractivity contribution in [2.45, 2.75) is 6.54 Å². The van der Waals surface area contributed by atoms with Crippen molar-refractivity contribution in [3.8, 4) is 0 Å². The fraction of sp³-hybridized carbons (Fsp3) is 0.111. The molecule has 7 nitrogen and oxygen atoms in total. The zero-order chi connectivity index (χ0) is 10.8. The van der Waals surface area contributed by atoms with Gasteiger partial charge in [0.2, 0.25) is 12.3 Å². The predicted octanol–water partition coefficient (Wildman–Crippen LogP) is 0.724. The molecule has 1 N–H and O–H groups in total. The summed E-state index contributed by atoms with van der Waals surface area (Å²) >= 11 is 0. The molecule has 0 unspecified atom stereocenters. The number of anilines is 1. The molecule has 0 saturated heterocycles. The van der Waals surface area contributed by atoms with Gasteiger partial charge in [-0.1, -0.05) is 11.2 Å². The lowest BCUT2D eigenvalue weighted by atomic mass is 10.5. The molecule has 0 aliphatic rings. The van der Waals surface area contributed by atoms with Crippen molar-refractivity contribution >= 4 is 11.6 Å². The summed E-state index contributed by atoms with van der Waals surface area (Å²) in [6.45, 7) is 0.438. The van der Waals surface area contributed by atoms with E-state index in [0.717, 1.165) is 5.65 Å². The van der Waals surface area contributed by atoms with E-state index in [2.05, 4.69) is 30.1 Å². The lowest BCUT2D eigenvalue weighted by Crippen LogP contribution is -2.02. The van der Waals surface area contributed by atoms with Gasteiger partial charge in [-0.3, -0.25) is 0 Å². The van der Waals surface area contributed by atoms with Gasteiger partial charge in [-0.05, 0) is 12.1 Å². The number of nitrogens with one attached hydrogen (secondary N) is 1. The zero-order valence-electron chi connectivity index (χ0n) is 8.24. The lowest BCUT2D eigenvalue weighted by molar-refractivity contribution is 0.411. The summed E-state index contributed by atoms with van der Waals surface area (Å²) in [6.07, 6.45) is 3.12. The molecular formula is C9H8N6O. The summed E-state index contributed by atoms with van der Waals surface area (Å²) in [5.74, 6) is 1.11. The summed E-state index contributed by atoms with van der Waals surface area (Å²) < 4.78 is 6.31. The van der Waals surface area contributed by atoms with Gasteiger partial charge in [-0.25, -0.2) is 4.52 Å². The van der Waals surface area contributed by atoms with E-state index in [-0.39, 0.29) is 0 Å². The van der Waals surface area contributed by atoms with E-state index in [1.807, 2.05) is 24.4 Å². The highest BCUT2D eigenvalue weighted by Crippen LogP contribution is 2.05. The van der Waals surface area contributed by atoms with Gasteiger partial charge >= 0.3 is 0 Å². The Morgan fingerprint density at radius 1 is 1.38 bits per heavy atom. The van der Waals surface area contributed by atoms with Crippen LogP contribution in [0.2, 0.25) is 0 Å².